The molecule has 0 spiro atoms. The molecular weight excluding hydrogens is 455 g/mol. The first kappa shape index (κ1) is 22.3. The molecule has 2 aliphatic rings. The monoisotopic (exact) mass is 478 g/mol. The van der Waals surface area contributed by atoms with Crippen molar-refractivity contribution < 1.29 is 32.7 Å². The van der Waals surface area contributed by atoms with Gasteiger partial charge in [-0.2, -0.15) is 0 Å². The molecule has 33 heavy (non-hydrogen) atoms. The molecule has 2 fully saturated rings. The zero-order valence-corrected chi connectivity index (χ0v) is 18.5. The number of nitrogens with two attached hydrogens (primary N) is 1. The number of methoxy groups -OCH3 is 1. The van der Waals surface area contributed by atoms with Crippen molar-refractivity contribution in [3.8, 4) is 0 Å². The van der Waals surface area contributed by atoms with E-state index in [1.165, 1.54) is 19.8 Å². The van der Waals surface area contributed by atoms with Crippen molar-refractivity contribution in [1.29, 1.82) is 0 Å². The van der Waals surface area contributed by atoms with Crippen molar-refractivity contribution >= 4 is 24.8 Å². The van der Waals surface area contributed by atoms with E-state index < -0.39 is 38.5 Å². The zero-order chi connectivity index (χ0) is 23.0. The van der Waals surface area contributed by atoms with E-state index in [9.17, 15) is 9.67 Å². The highest BCUT2D eigenvalue weighted by molar-refractivity contribution is 7.48. The molecule has 0 aromatic carbocycles. The van der Waals surface area contributed by atoms with Gasteiger partial charge in [0.25, 0.3) is 0 Å². The molecule has 3 unspecified atom stereocenters. The van der Waals surface area contributed by atoms with Gasteiger partial charge in [-0.25, -0.2) is 19.5 Å². The van der Waals surface area contributed by atoms with Gasteiger partial charge in [0, 0.05) is 25.9 Å². The quantitative estimate of drug-likeness (QED) is 0.489. The Morgan fingerprint density at radius 2 is 2.12 bits per heavy atom. The van der Waals surface area contributed by atoms with Gasteiger partial charge in [-0.1, -0.05) is 0 Å². The maximum absolute atomic E-state index is 13.1. The fourth-order valence-corrected chi connectivity index (χ4v) is 5.33. The van der Waals surface area contributed by atoms with E-state index >= 15 is 0 Å². The Balaban J connectivity index is 1.30. The van der Waals surface area contributed by atoms with E-state index in [-0.39, 0.29) is 19.0 Å². The minimum absolute atomic E-state index is 0.198. The van der Waals surface area contributed by atoms with Crippen LogP contribution in [0.5, 0.6) is 0 Å². The molecule has 6 atom stereocenters. The van der Waals surface area contributed by atoms with E-state index in [0.29, 0.717) is 17.6 Å². The van der Waals surface area contributed by atoms with E-state index in [4.69, 9.17) is 28.8 Å². The maximum atomic E-state index is 13.1. The third-order valence-corrected chi connectivity index (χ3v) is 7.08. The number of aliphatic hydroxyl groups is 1. The fraction of sp³-hybridized carbons (Fsp3) is 0.474. The van der Waals surface area contributed by atoms with Crippen LogP contribution in [0.4, 0.5) is 5.82 Å². The number of nitrogens with zero attached hydrogens (tertiary/aromatic N) is 5. The van der Waals surface area contributed by atoms with Crippen LogP contribution in [-0.2, 0) is 27.6 Å². The molecular formula is C19H23N6O7P. The summed E-state index contributed by atoms with van der Waals surface area (Å²) in [5, 5.41) is 10.8. The number of phosphoric acid groups is 1. The molecule has 0 amide bonds. The number of ether oxygens (including phenoxy) is 2. The van der Waals surface area contributed by atoms with E-state index in [1.54, 1.807) is 29.1 Å². The van der Waals surface area contributed by atoms with Crippen LogP contribution >= 0.6 is 7.82 Å². The number of nitrogen functional groups attached to an aromatic ring is 1. The van der Waals surface area contributed by atoms with Gasteiger partial charge in [-0.05, 0) is 17.7 Å². The lowest BCUT2D eigenvalue weighted by molar-refractivity contribution is -0.0626. The highest BCUT2D eigenvalue weighted by atomic mass is 31.2. The summed E-state index contributed by atoms with van der Waals surface area (Å²) in [5.41, 5.74) is 7.51. The highest BCUT2D eigenvalue weighted by Gasteiger charge is 2.47. The number of pyridine rings is 1. The third-order valence-electron chi connectivity index (χ3n) is 5.61. The van der Waals surface area contributed by atoms with Crippen molar-refractivity contribution in [2.24, 2.45) is 0 Å². The average Bonchev–Trinajstić information content (AvgIpc) is 3.40. The number of aromatic nitrogens is 5. The summed E-state index contributed by atoms with van der Waals surface area (Å²) < 4.78 is 42.6. The molecule has 5 heterocycles. The van der Waals surface area contributed by atoms with Gasteiger partial charge in [0.15, 0.2) is 17.7 Å². The van der Waals surface area contributed by atoms with Gasteiger partial charge in [-0.3, -0.25) is 23.1 Å². The van der Waals surface area contributed by atoms with Gasteiger partial charge >= 0.3 is 7.82 Å². The number of imidazole rings is 1. The zero-order valence-electron chi connectivity index (χ0n) is 17.6. The molecule has 5 rings (SSSR count). The SMILES string of the molecule is COC1C(O)[C@@H](COP2(=O)OCC[C@@H](c3ccncc3)O2)O[C@H]1n1cnc2c(N)ncnc21. The Bertz CT molecular complexity index is 1160. The van der Waals surface area contributed by atoms with Crippen molar-refractivity contribution in [2.45, 2.75) is 37.1 Å². The van der Waals surface area contributed by atoms with Crippen molar-refractivity contribution in [3.63, 3.8) is 0 Å². The topological polar surface area (TPSA) is 166 Å². The fourth-order valence-electron chi connectivity index (χ4n) is 3.94. The van der Waals surface area contributed by atoms with Crippen LogP contribution in [0.2, 0.25) is 0 Å². The number of hydrogen-bond donors (Lipinski definition) is 2. The number of fused-ring (bicyclic) bond motifs is 1. The Morgan fingerprint density at radius 3 is 2.91 bits per heavy atom. The second-order valence-electron chi connectivity index (χ2n) is 7.58. The van der Waals surface area contributed by atoms with Crippen LogP contribution in [0.25, 0.3) is 11.2 Å². The van der Waals surface area contributed by atoms with Crippen LogP contribution in [0.3, 0.4) is 0 Å². The number of aliphatic hydroxyl groups excluding tert-OH is 1. The Morgan fingerprint density at radius 1 is 1.30 bits per heavy atom. The van der Waals surface area contributed by atoms with Crippen LogP contribution in [0, 0.1) is 0 Å². The molecule has 14 heteroatoms. The summed E-state index contributed by atoms with van der Waals surface area (Å²) in [6.07, 6.45) is 2.60. The van der Waals surface area contributed by atoms with Gasteiger partial charge < -0.3 is 20.3 Å². The molecule has 176 valence electrons. The average molecular weight is 478 g/mol. The highest BCUT2D eigenvalue weighted by Crippen LogP contribution is 2.57. The lowest BCUT2D eigenvalue weighted by Crippen LogP contribution is -2.35. The molecule has 2 aliphatic heterocycles. The molecule has 3 aromatic rings. The molecule has 13 nitrogen and oxygen atoms in total. The van der Waals surface area contributed by atoms with Crippen molar-refractivity contribution in [2.75, 3.05) is 26.1 Å². The predicted molar refractivity (Wildman–Crippen MR) is 113 cm³/mol. The molecule has 0 radical (unpaired) electrons. The van der Waals surface area contributed by atoms with Gasteiger partial charge in [0.2, 0.25) is 0 Å². The Labute approximate surface area is 188 Å². The lowest BCUT2D eigenvalue weighted by atomic mass is 10.1. The van der Waals surface area contributed by atoms with E-state index in [2.05, 4.69) is 19.9 Å². The first-order chi connectivity index (χ1) is 16.0. The largest absolute Gasteiger partial charge is 0.475 e. The van der Waals surface area contributed by atoms with Crippen molar-refractivity contribution in [1.82, 2.24) is 24.5 Å². The van der Waals surface area contributed by atoms with Gasteiger partial charge in [0.1, 0.15) is 30.2 Å². The Kier molecular flexibility index (Phi) is 6.10. The number of rotatable bonds is 6. The minimum Gasteiger partial charge on any atom is -0.387 e. The normalized spacial score (nSPS) is 32.4. The summed E-state index contributed by atoms with van der Waals surface area (Å²) >= 11 is 0. The van der Waals surface area contributed by atoms with Crippen LogP contribution in [0.1, 0.15) is 24.3 Å². The third kappa shape index (κ3) is 4.24. The summed E-state index contributed by atoms with van der Waals surface area (Å²) in [5.74, 6) is 0.222. The molecule has 2 saturated heterocycles. The minimum atomic E-state index is -3.88. The van der Waals surface area contributed by atoms with Crippen LogP contribution in [0.15, 0.2) is 37.2 Å². The maximum Gasteiger partial charge on any atom is 0.475 e. The standard InChI is InChI=1S/C19H23N6O7P/c1-28-16-15(26)13(31-19(16)25-10-24-14-17(20)22-9-23-18(14)25)8-30-33(27)29-7-4-12(32-33)11-2-5-21-6-3-11/h2-3,5-6,9-10,12-13,15-16,19,26H,4,7-8H2,1H3,(H2,20,22,23)/t12-,13+,15?,16?,19+,33?/m0/s1. The summed E-state index contributed by atoms with van der Waals surface area (Å²) in [6, 6.07) is 3.56. The molecule has 0 aliphatic carbocycles. The molecule has 0 saturated carbocycles. The molecule has 3 aromatic heterocycles. The summed E-state index contributed by atoms with van der Waals surface area (Å²) in [6.45, 7) is -0.0502. The second kappa shape index (κ2) is 9.03. The summed E-state index contributed by atoms with van der Waals surface area (Å²) in [7, 11) is -2.43. The van der Waals surface area contributed by atoms with Gasteiger partial charge in [-0.15, -0.1) is 0 Å². The first-order valence-corrected chi connectivity index (χ1v) is 11.7. The number of phosphoric ester groups is 1. The smallest absolute Gasteiger partial charge is 0.387 e. The van der Waals surface area contributed by atoms with E-state index in [0.717, 1.165) is 5.56 Å². The van der Waals surface area contributed by atoms with Crippen molar-refractivity contribution in [3.05, 3.63) is 42.7 Å². The predicted octanol–water partition coefficient (Wildman–Crippen LogP) is 1.38. The summed E-state index contributed by atoms with van der Waals surface area (Å²) in [4.78, 5) is 16.3. The Hall–Kier alpha value is -2.51. The molecule has 3 N–H and O–H groups in total. The number of anilines is 1. The molecule has 0 bridgehead atoms. The number of hydrogen-bond acceptors (Lipinski definition) is 12. The van der Waals surface area contributed by atoms with Gasteiger partial charge in [0.05, 0.1) is 25.6 Å². The lowest BCUT2D eigenvalue weighted by Gasteiger charge is -2.29. The van der Waals surface area contributed by atoms with Crippen LogP contribution in [-0.4, -0.2) is 68.2 Å². The van der Waals surface area contributed by atoms with E-state index in [1.807, 2.05) is 0 Å². The second-order valence-corrected chi connectivity index (χ2v) is 9.20. The van der Waals surface area contributed by atoms with Crippen LogP contribution < -0.4 is 5.73 Å². The first-order valence-electron chi connectivity index (χ1n) is 10.3.